The van der Waals surface area contributed by atoms with Gasteiger partial charge in [-0.1, -0.05) is 6.07 Å². The Balaban J connectivity index is 1.81. The third kappa shape index (κ3) is 2.18. The zero-order chi connectivity index (χ0) is 12.5. The van der Waals surface area contributed by atoms with Crippen LogP contribution < -0.4 is 15.4 Å². The number of aliphatic hydroxyl groups excluding tert-OH is 1. The van der Waals surface area contributed by atoms with Crippen LogP contribution in [0.5, 0.6) is 5.75 Å². The molecular formula is C14H20N2O2. The molecule has 0 amide bonds. The van der Waals surface area contributed by atoms with Crippen LogP contribution in [0, 0.1) is 0 Å². The summed E-state index contributed by atoms with van der Waals surface area (Å²) in [5.74, 6) is 0.879. The van der Waals surface area contributed by atoms with Gasteiger partial charge in [0, 0.05) is 6.04 Å². The second kappa shape index (κ2) is 4.78. The van der Waals surface area contributed by atoms with Crippen molar-refractivity contribution in [1.29, 1.82) is 0 Å². The van der Waals surface area contributed by atoms with Crippen LogP contribution in [0.25, 0.3) is 0 Å². The van der Waals surface area contributed by atoms with Gasteiger partial charge in [-0.3, -0.25) is 0 Å². The Labute approximate surface area is 107 Å². The summed E-state index contributed by atoms with van der Waals surface area (Å²) in [6, 6.07) is 6.10. The molecule has 2 aliphatic rings. The summed E-state index contributed by atoms with van der Waals surface area (Å²) in [6.45, 7) is 3.86. The number of ether oxygens (including phenoxy) is 1. The first-order valence-electron chi connectivity index (χ1n) is 6.70. The minimum Gasteiger partial charge on any atom is -0.487 e. The number of fused-ring (bicyclic) bond motifs is 1. The van der Waals surface area contributed by atoms with Crippen LogP contribution in [-0.4, -0.2) is 30.3 Å². The van der Waals surface area contributed by atoms with E-state index in [1.807, 2.05) is 25.1 Å². The van der Waals surface area contributed by atoms with E-state index >= 15 is 0 Å². The first-order chi connectivity index (χ1) is 8.74. The van der Waals surface area contributed by atoms with E-state index in [2.05, 4.69) is 10.6 Å². The van der Waals surface area contributed by atoms with Crippen molar-refractivity contribution in [2.45, 2.75) is 38.0 Å². The summed E-state index contributed by atoms with van der Waals surface area (Å²) in [5.41, 5.74) is 1.95. The van der Waals surface area contributed by atoms with Crippen LogP contribution in [0.1, 0.15) is 31.4 Å². The van der Waals surface area contributed by atoms with Gasteiger partial charge in [-0.2, -0.15) is 0 Å². The van der Waals surface area contributed by atoms with Crippen molar-refractivity contribution in [1.82, 2.24) is 5.32 Å². The molecule has 4 nitrogen and oxygen atoms in total. The van der Waals surface area contributed by atoms with Gasteiger partial charge in [0.2, 0.25) is 0 Å². The van der Waals surface area contributed by atoms with Crippen LogP contribution in [0.2, 0.25) is 0 Å². The monoisotopic (exact) mass is 248 g/mol. The quantitative estimate of drug-likeness (QED) is 0.745. The molecule has 0 bridgehead atoms. The predicted molar refractivity (Wildman–Crippen MR) is 71.0 cm³/mol. The van der Waals surface area contributed by atoms with Gasteiger partial charge in [-0.15, -0.1) is 0 Å². The maximum atomic E-state index is 10.3. The fourth-order valence-corrected chi connectivity index (χ4v) is 2.70. The molecule has 0 saturated carbocycles. The Bertz CT molecular complexity index is 430. The number of hydrogen-bond donors (Lipinski definition) is 3. The van der Waals surface area contributed by atoms with Crippen LogP contribution in [0.4, 0.5) is 5.69 Å². The highest BCUT2D eigenvalue weighted by Gasteiger charge is 2.25. The zero-order valence-corrected chi connectivity index (χ0v) is 10.6. The lowest BCUT2D eigenvalue weighted by atomic mass is 10.00. The second-order valence-corrected chi connectivity index (χ2v) is 5.21. The molecule has 3 atom stereocenters. The smallest absolute Gasteiger partial charge is 0.142 e. The van der Waals surface area contributed by atoms with Crippen molar-refractivity contribution in [3.8, 4) is 5.75 Å². The van der Waals surface area contributed by atoms with Crippen molar-refractivity contribution in [3.05, 3.63) is 23.8 Å². The van der Waals surface area contributed by atoms with E-state index in [1.54, 1.807) is 0 Å². The fourth-order valence-electron chi connectivity index (χ4n) is 2.70. The lowest BCUT2D eigenvalue weighted by Crippen LogP contribution is -2.30. The largest absolute Gasteiger partial charge is 0.487 e. The summed E-state index contributed by atoms with van der Waals surface area (Å²) in [5, 5.41) is 17.0. The van der Waals surface area contributed by atoms with Crippen molar-refractivity contribution in [2.24, 2.45) is 0 Å². The van der Waals surface area contributed by atoms with E-state index in [9.17, 15) is 5.11 Å². The Morgan fingerprint density at radius 1 is 1.44 bits per heavy atom. The number of aliphatic hydroxyl groups is 1. The van der Waals surface area contributed by atoms with E-state index in [4.69, 9.17) is 4.74 Å². The molecule has 0 aromatic heterocycles. The first-order valence-corrected chi connectivity index (χ1v) is 6.70. The molecule has 3 unspecified atom stereocenters. The van der Waals surface area contributed by atoms with Gasteiger partial charge in [-0.05, 0) is 44.0 Å². The average molecular weight is 248 g/mol. The third-order valence-corrected chi connectivity index (χ3v) is 3.73. The van der Waals surface area contributed by atoms with Crippen LogP contribution in [0.15, 0.2) is 18.2 Å². The highest BCUT2D eigenvalue weighted by Crippen LogP contribution is 2.33. The minimum absolute atomic E-state index is 0.187. The number of rotatable bonds is 2. The van der Waals surface area contributed by atoms with Crippen molar-refractivity contribution < 1.29 is 9.84 Å². The lowest BCUT2D eigenvalue weighted by molar-refractivity contribution is 0.137. The van der Waals surface area contributed by atoms with Gasteiger partial charge in [0.05, 0.1) is 18.3 Å². The normalized spacial score (nSPS) is 28.1. The van der Waals surface area contributed by atoms with E-state index in [0.717, 1.165) is 42.9 Å². The minimum atomic E-state index is -0.432. The third-order valence-electron chi connectivity index (χ3n) is 3.73. The summed E-state index contributed by atoms with van der Waals surface area (Å²) >= 11 is 0. The molecule has 18 heavy (non-hydrogen) atoms. The maximum Gasteiger partial charge on any atom is 0.142 e. The van der Waals surface area contributed by atoms with Crippen LogP contribution >= 0.6 is 0 Å². The van der Waals surface area contributed by atoms with Crippen molar-refractivity contribution in [2.75, 3.05) is 18.4 Å². The van der Waals surface area contributed by atoms with Gasteiger partial charge in [0.1, 0.15) is 11.9 Å². The van der Waals surface area contributed by atoms with Gasteiger partial charge in [0.15, 0.2) is 0 Å². The van der Waals surface area contributed by atoms with Gasteiger partial charge < -0.3 is 20.5 Å². The summed E-state index contributed by atoms with van der Waals surface area (Å²) in [7, 11) is 0. The molecule has 1 saturated heterocycles. The predicted octanol–water partition coefficient (Wildman–Crippen LogP) is 1.66. The Hall–Kier alpha value is -1.26. The molecule has 0 radical (unpaired) electrons. The van der Waals surface area contributed by atoms with Crippen LogP contribution in [-0.2, 0) is 0 Å². The fraction of sp³-hybridized carbons (Fsp3) is 0.571. The van der Waals surface area contributed by atoms with Crippen molar-refractivity contribution in [3.63, 3.8) is 0 Å². The Morgan fingerprint density at radius 2 is 2.33 bits per heavy atom. The number of hydrogen-bond acceptors (Lipinski definition) is 4. The molecule has 0 aliphatic carbocycles. The molecule has 4 heteroatoms. The molecule has 2 heterocycles. The van der Waals surface area contributed by atoms with E-state index in [0.29, 0.717) is 0 Å². The SMILES string of the molecule is CC1CNc2cc(C(O)C3CCCN3)ccc2O1. The van der Waals surface area contributed by atoms with Gasteiger partial charge in [-0.25, -0.2) is 0 Å². The number of benzene rings is 1. The summed E-state index contributed by atoms with van der Waals surface area (Å²) in [6.07, 6.45) is 1.95. The highest BCUT2D eigenvalue weighted by atomic mass is 16.5. The molecule has 1 aromatic carbocycles. The molecular weight excluding hydrogens is 228 g/mol. The maximum absolute atomic E-state index is 10.3. The highest BCUT2D eigenvalue weighted by molar-refractivity contribution is 5.60. The lowest BCUT2D eigenvalue weighted by Gasteiger charge is -2.26. The number of nitrogens with one attached hydrogen (secondary N) is 2. The topological polar surface area (TPSA) is 53.5 Å². The summed E-state index contributed by atoms with van der Waals surface area (Å²) < 4.78 is 5.73. The standard InChI is InChI=1S/C14H20N2O2/c1-9-8-16-12-7-10(4-5-13(12)18-9)14(17)11-3-2-6-15-11/h4-5,7,9,11,14-17H,2-3,6,8H2,1H3. The Morgan fingerprint density at radius 3 is 3.11 bits per heavy atom. The van der Waals surface area contributed by atoms with Gasteiger partial charge in [0.25, 0.3) is 0 Å². The molecule has 0 spiro atoms. The molecule has 1 fully saturated rings. The molecule has 3 N–H and O–H groups in total. The first kappa shape index (κ1) is 11.8. The molecule has 98 valence electrons. The Kier molecular flexibility index (Phi) is 3.14. The molecule has 1 aromatic rings. The van der Waals surface area contributed by atoms with E-state index in [-0.39, 0.29) is 12.1 Å². The average Bonchev–Trinajstić information content (AvgIpc) is 2.91. The number of anilines is 1. The van der Waals surface area contributed by atoms with Crippen molar-refractivity contribution >= 4 is 5.69 Å². The van der Waals surface area contributed by atoms with Gasteiger partial charge >= 0.3 is 0 Å². The summed E-state index contributed by atoms with van der Waals surface area (Å²) in [4.78, 5) is 0. The second-order valence-electron chi connectivity index (χ2n) is 5.21. The van der Waals surface area contributed by atoms with E-state index < -0.39 is 6.10 Å². The van der Waals surface area contributed by atoms with E-state index in [1.165, 1.54) is 0 Å². The van der Waals surface area contributed by atoms with Crippen LogP contribution in [0.3, 0.4) is 0 Å². The molecule has 2 aliphatic heterocycles. The molecule has 3 rings (SSSR count). The zero-order valence-electron chi connectivity index (χ0n) is 10.6.